The fourth-order valence-electron chi connectivity index (χ4n) is 1.95. The van der Waals surface area contributed by atoms with Crippen LogP contribution in [0.15, 0.2) is 30.5 Å². The number of hydrogen-bond acceptors (Lipinski definition) is 4. The summed E-state index contributed by atoms with van der Waals surface area (Å²) in [7, 11) is 4.02. The molecule has 0 aliphatic rings. The van der Waals surface area contributed by atoms with Crippen molar-refractivity contribution in [2.75, 3.05) is 24.3 Å². The number of pyridine rings is 1. The summed E-state index contributed by atoms with van der Waals surface area (Å²) in [6.45, 7) is 7.59. The lowest BCUT2D eigenvalue weighted by Crippen LogP contribution is -2.13. The molecule has 20 heavy (non-hydrogen) atoms. The van der Waals surface area contributed by atoms with Gasteiger partial charge in [0.25, 0.3) is 0 Å². The van der Waals surface area contributed by atoms with Crippen molar-refractivity contribution >= 4 is 22.8 Å². The van der Waals surface area contributed by atoms with Gasteiger partial charge in [0.2, 0.25) is 0 Å². The SMILES string of the molecule is CN(C)c1ncccc1NCc1ccc(C(C)(C)C)s1. The maximum Gasteiger partial charge on any atom is 0.151 e. The highest BCUT2D eigenvalue weighted by atomic mass is 32.1. The number of nitrogens with zero attached hydrogens (tertiary/aromatic N) is 2. The summed E-state index contributed by atoms with van der Waals surface area (Å²) in [5.74, 6) is 0.972. The Bertz CT molecular complexity index is 567. The van der Waals surface area contributed by atoms with Gasteiger partial charge in [0.05, 0.1) is 5.69 Å². The van der Waals surface area contributed by atoms with E-state index in [1.54, 1.807) is 0 Å². The normalized spacial score (nSPS) is 11.4. The molecule has 0 bridgehead atoms. The van der Waals surface area contributed by atoms with Gasteiger partial charge in [-0.15, -0.1) is 11.3 Å². The van der Waals surface area contributed by atoms with E-state index in [1.807, 2.05) is 42.6 Å². The highest BCUT2D eigenvalue weighted by molar-refractivity contribution is 7.12. The zero-order valence-electron chi connectivity index (χ0n) is 12.9. The molecule has 0 atom stereocenters. The van der Waals surface area contributed by atoms with Crippen molar-refractivity contribution in [3.05, 3.63) is 40.2 Å². The smallest absolute Gasteiger partial charge is 0.151 e. The highest BCUT2D eigenvalue weighted by Gasteiger charge is 2.16. The molecule has 1 N–H and O–H groups in total. The van der Waals surface area contributed by atoms with Gasteiger partial charge in [-0.25, -0.2) is 4.98 Å². The van der Waals surface area contributed by atoms with Gasteiger partial charge in [-0.2, -0.15) is 0 Å². The number of nitrogens with one attached hydrogen (secondary N) is 1. The second kappa shape index (κ2) is 5.83. The molecule has 2 heterocycles. The largest absolute Gasteiger partial charge is 0.377 e. The molecule has 0 aliphatic heterocycles. The van der Waals surface area contributed by atoms with Crippen LogP contribution in [-0.2, 0) is 12.0 Å². The second-order valence-electron chi connectivity index (χ2n) is 6.14. The van der Waals surface area contributed by atoms with E-state index in [-0.39, 0.29) is 5.41 Å². The summed E-state index contributed by atoms with van der Waals surface area (Å²) >= 11 is 1.88. The van der Waals surface area contributed by atoms with Crippen LogP contribution in [0.1, 0.15) is 30.5 Å². The molecule has 2 aromatic heterocycles. The average Bonchev–Trinajstić information content (AvgIpc) is 2.85. The molecular formula is C16H23N3S. The zero-order chi connectivity index (χ0) is 14.8. The van der Waals surface area contributed by atoms with Gasteiger partial charge in [-0.05, 0) is 29.7 Å². The third-order valence-electron chi connectivity index (χ3n) is 3.06. The van der Waals surface area contributed by atoms with E-state index in [2.05, 4.69) is 49.3 Å². The predicted molar refractivity (Wildman–Crippen MR) is 88.9 cm³/mol. The minimum atomic E-state index is 0.228. The Morgan fingerprint density at radius 2 is 1.95 bits per heavy atom. The first-order valence-electron chi connectivity index (χ1n) is 6.83. The Balaban J connectivity index is 2.08. The third-order valence-corrected chi connectivity index (χ3v) is 4.58. The second-order valence-corrected chi connectivity index (χ2v) is 7.31. The molecule has 0 saturated heterocycles. The molecule has 0 aromatic carbocycles. The minimum Gasteiger partial charge on any atom is -0.377 e. The van der Waals surface area contributed by atoms with Gasteiger partial charge < -0.3 is 10.2 Å². The number of aromatic nitrogens is 1. The van der Waals surface area contributed by atoms with Crippen LogP contribution in [0.2, 0.25) is 0 Å². The van der Waals surface area contributed by atoms with E-state index in [0.717, 1.165) is 18.1 Å². The Labute approximate surface area is 125 Å². The van der Waals surface area contributed by atoms with Gasteiger partial charge in [0.15, 0.2) is 5.82 Å². The average molecular weight is 289 g/mol. The maximum absolute atomic E-state index is 4.40. The van der Waals surface area contributed by atoms with E-state index in [0.29, 0.717) is 0 Å². The van der Waals surface area contributed by atoms with Crippen LogP contribution in [0.4, 0.5) is 11.5 Å². The van der Waals surface area contributed by atoms with Gasteiger partial charge >= 0.3 is 0 Å². The van der Waals surface area contributed by atoms with Gasteiger partial charge in [-0.1, -0.05) is 20.8 Å². The van der Waals surface area contributed by atoms with Crippen LogP contribution in [0, 0.1) is 0 Å². The van der Waals surface area contributed by atoms with Gasteiger partial charge in [0, 0.05) is 36.6 Å². The van der Waals surface area contributed by atoms with E-state index in [1.165, 1.54) is 9.75 Å². The molecule has 0 unspecified atom stereocenters. The summed E-state index contributed by atoms with van der Waals surface area (Å²) in [6, 6.07) is 8.48. The van der Waals surface area contributed by atoms with Gasteiger partial charge in [0.1, 0.15) is 0 Å². The molecule has 0 radical (unpaired) electrons. The van der Waals surface area contributed by atoms with Crippen molar-refractivity contribution in [2.45, 2.75) is 32.7 Å². The van der Waals surface area contributed by atoms with E-state index >= 15 is 0 Å². The molecule has 2 rings (SSSR count). The summed E-state index contributed by atoms with van der Waals surface area (Å²) in [5.41, 5.74) is 1.30. The van der Waals surface area contributed by atoms with Crippen molar-refractivity contribution in [1.82, 2.24) is 4.98 Å². The number of hydrogen-bond donors (Lipinski definition) is 1. The Morgan fingerprint density at radius 3 is 2.55 bits per heavy atom. The third kappa shape index (κ3) is 3.51. The fourth-order valence-corrected chi connectivity index (χ4v) is 2.95. The molecule has 4 heteroatoms. The first kappa shape index (κ1) is 14.9. The molecule has 0 saturated carbocycles. The van der Waals surface area contributed by atoms with Crippen LogP contribution in [0.5, 0.6) is 0 Å². The summed E-state index contributed by atoms with van der Waals surface area (Å²) in [6.07, 6.45) is 1.82. The van der Waals surface area contributed by atoms with E-state index in [9.17, 15) is 0 Å². The Morgan fingerprint density at radius 1 is 1.20 bits per heavy atom. The Kier molecular flexibility index (Phi) is 4.33. The van der Waals surface area contributed by atoms with Crippen molar-refractivity contribution in [3.63, 3.8) is 0 Å². The molecule has 108 valence electrons. The first-order chi connectivity index (χ1) is 9.38. The predicted octanol–water partition coefficient (Wildman–Crippen LogP) is 4.12. The van der Waals surface area contributed by atoms with Crippen LogP contribution in [0.3, 0.4) is 0 Å². The van der Waals surface area contributed by atoms with E-state index in [4.69, 9.17) is 0 Å². The number of rotatable bonds is 4. The first-order valence-corrected chi connectivity index (χ1v) is 7.65. The lowest BCUT2D eigenvalue weighted by atomic mass is 9.95. The van der Waals surface area contributed by atoms with Crippen molar-refractivity contribution < 1.29 is 0 Å². The standard InChI is InChI=1S/C16H23N3S/c1-16(2,3)14-9-8-12(20-14)11-18-13-7-6-10-17-15(13)19(4)5/h6-10,18H,11H2,1-5H3. The summed E-state index contributed by atoms with van der Waals surface area (Å²) in [4.78, 5) is 9.20. The molecule has 0 fully saturated rings. The molecule has 0 spiro atoms. The Hall–Kier alpha value is -1.55. The lowest BCUT2D eigenvalue weighted by molar-refractivity contribution is 0.604. The monoisotopic (exact) mass is 289 g/mol. The van der Waals surface area contributed by atoms with Crippen LogP contribution in [-0.4, -0.2) is 19.1 Å². The van der Waals surface area contributed by atoms with Crippen molar-refractivity contribution in [1.29, 1.82) is 0 Å². The molecule has 3 nitrogen and oxygen atoms in total. The van der Waals surface area contributed by atoms with Crippen LogP contribution >= 0.6 is 11.3 Å². The number of thiophene rings is 1. The van der Waals surface area contributed by atoms with Gasteiger partial charge in [-0.3, -0.25) is 0 Å². The summed E-state index contributed by atoms with van der Waals surface area (Å²) < 4.78 is 0. The number of anilines is 2. The molecule has 2 aromatic rings. The van der Waals surface area contributed by atoms with E-state index < -0.39 is 0 Å². The van der Waals surface area contributed by atoms with Crippen LogP contribution in [0.25, 0.3) is 0 Å². The molecular weight excluding hydrogens is 266 g/mol. The maximum atomic E-state index is 4.40. The summed E-state index contributed by atoms with van der Waals surface area (Å²) in [5, 5.41) is 3.48. The fraction of sp³-hybridized carbons (Fsp3) is 0.438. The quantitative estimate of drug-likeness (QED) is 0.917. The highest BCUT2D eigenvalue weighted by Crippen LogP contribution is 2.30. The zero-order valence-corrected chi connectivity index (χ0v) is 13.7. The molecule has 0 amide bonds. The lowest BCUT2D eigenvalue weighted by Gasteiger charge is -2.17. The molecule has 0 aliphatic carbocycles. The van der Waals surface area contributed by atoms with Crippen molar-refractivity contribution in [2.24, 2.45) is 0 Å². The van der Waals surface area contributed by atoms with Crippen molar-refractivity contribution in [3.8, 4) is 0 Å². The topological polar surface area (TPSA) is 28.2 Å². The van der Waals surface area contributed by atoms with Crippen LogP contribution < -0.4 is 10.2 Å². The minimum absolute atomic E-state index is 0.228.